The molecule has 0 saturated carbocycles. The molecule has 10 heteroatoms. The molecule has 208 valence electrons. The number of benzene rings is 3. The summed E-state index contributed by atoms with van der Waals surface area (Å²) < 4.78 is 29.7. The summed E-state index contributed by atoms with van der Waals surface area (Å²) in [5, 5.41) is 2.86. The Morgan fingerprint density at radius 3 is 2.18 bits per heavy atom. The number of carbonyl (C=O) groups is 2. The Morgan fingerprint density at radius 1 is 0.974 bits per heavy atom. The van der Waals surface area contributed by atoms with Crippen LogP contribution in [-0.4, -0.2) is 50.0 Å². The Labute approximate surface area is 244 Å². The quantitative estimate of drug-likeness (QED) is 0.278. The van der Waals surface area contributed by atoms with Crippen molar-refractivity contribution in [3.8, 4) is 0 Å². The largest absolute Gasteiger partial charge is 0.352 e. The summed E-state index contributed by atoms with van der Waals surface area (Å²) in [5.41, 5.74) is 2.13. The molecule has 0 bridgehead atoms. The lowest BCUT2D eigenvalue weighted by atomic mass is 10.1. The van der Waals surface area contributed by atoms with Gasteiger partial charge < -0.3 is 10.2 Å². The minimum Gasteiger partial charge on any atom is -0.352 e. The third kappa shape index (κ3) is 8.09. The van der Waals surface area contributed by atoms with Gasteiger partial charge in [-0.2, -0.15) is 0 Å². The fourth-order valence-electron chi connectivity index (χ4n) is 3.93. The highest BCUT2D eigenvalue weighted by atomic mass is 79.9. The second-order valence-corrected chi connectivity index (χ2v) is 13.2. The zero-order valence-electron chi connectivity index (χ0n) is 22.7. The molecule has 0 fully saturated rings. The van der Waals surface area contributed by atoms with E-state index in [-0.39, 0.29) is 23.4 Å². The van der Waals surface area contributed by atoms with E-state index in [4.69, 9.17) is 0 Å². The third-order valence-corrected chi connectivity index (χ3v) is 9.11. The molecule has 3 rings (SSSR count). The van der Waals surface area contributed by atoms with E-state index in [1.54, 1.807) is 55.5 Å². The van der Waals surface area contributed by atoms with Gasteiger partial charge in [0.2, 0.25) is 11.8 Å². The molecule has 3 aromatic carbocycles. The van der Waals surface area contributed by atoms with Crippen molar-refractivity contribution in [2.45, 2.75) is 56.1 Å². The lowest BCUT2D eigenvalue weighted by Gasteiger charge is -2.32. The predicted octanol–water partition coefficient (Wildman–Crippen LogP) is 5.62. The van der Waals surface area contributed by atoms with Crippen molar-refractivity contribution in [3.63, 3.8) is 0 Å². The first-order chi connectivity index (χ1) is 18.4. The third-order valence-electron chi connectivity index (χ3n) is 6.09. The van der Waals surface area contributed by atoms with Crippen molar-refractivity contribution < 1.29 is 18.0 Å². The van der Waals surface area contributed by atoms with Crippen LogP contribution in [0.4, 0.5) is 5.69 Å². The maximum Gasteiger partial charge on any atom is 0.264 e. The van der Waals surface area contributed by atoms with E-state index in [9.17, 15) is 18.0 Å². The van der Waals surface area contributed by atoms with E-state index < -0.39 is 28.5 Å². The summed E-state index contributed by atoms with van der Waals surface area (Å²) in [4.78, 5) is 29.3. The highest BCUT2D eigenvalue weighted by molar-refractivity contribution is 9.10. The Kier molecular flexibility index (Phi) is 10.6. The SMILES string of the molecule is CSc1ccc(S(=O)(=O)N(CC(=O)N(Cc2cccc(Br)c2)[C@H](C)C(=O)NC(C)C)c2ccc(C)cc2)cc1. The van der Waals surface area contributed by atoms with Crippen LogP contribution in [0.2, 0.25) is 0 Å². The van der Waals surface area contributed by atoms with Crippen molar-refractivity contribution in [1.82, 2.24) is 10.2 Å². The van der Waals surface area contributed by atoms with Crippen molar-refractivity contribution in [3.05, 3.63) is 88.4 Å². The first-order valence-corrected chi connectivity index (χ1v) is 16.0. The van der Waals surface area contributed by atoms with Crippen LogP contribution < -0.4 is 9.62 Å². The molecule has 0 aliphatic carbocycles. The Morgan fingerprint density at radius 2 is 1.62 bits per heavy atom. The minimum absolute atomic E-state index is 0.0813. The van der Waals surface area contributed by atoms with Crippen LogP contribution in [0.15, 0.2) is 87.1 Å². The van der Waals surface area contributed by atoms with Gasteiger partial charge in [0.05, 0.1) is 10.6 Å². The highest BCUT2D eigenvalue weighted by Gasteiger charge is 2.32. The number of nitrogens with one attached hydrogen (secondary N) is 1. The number of hydrogen-bond acceptors (Lipinski definition) is 5. The van der Waals surface area contributed by atoms with Gasteiger partial charge in [0, 0.05) is 22.0 Å². The van der Waals surface area contributed by atoms with E-state index in [0.29, 0.717) is 5.69 Å². The summed E-state index contributed by atoms with van der Waals surface area (Å²) in [6.07, 6.45) is 1.91. The molecule has 0 aliphatic heterocycles. The van der Waals surface area contributed by atoms with Crippen molar-refractivity contribution >= 4 is 55.2 Å². The molecule has 0 saturated heterocycles. The number of aryl methyl sites for hydroxylation is 1. The first kappa shape index (κ1) is 30.7. The number of sulfonamides is 1. The summed E-state index contributed by atoms with van der Waals surface area (Å²) in [5.74, 6) is -0.808. The molecule has 1 N–H and O–H groups in total. The van der Waals surface area contributed by atoms with E-state index in [1.165, 1.54) is 16.7 Å². The lowest BCUT2D eigenvalue weighted by molar-refractivity contribution is -0.139. The number of anilines is 1. The molecule has 1 atom stereocenters. The van der Waals surface area contributed by atoms with Gasteiger partial charge in [0.15, 0.2) is 0 Å². The number of halogens is 1. The number of thioether (sulfide) groups is 1. The van der Waals surface area contributed by atoms with Crippen LogP contribution in [0.1, 0.15) is 31.9 Å². The molecular formula is C29H34BrN3O4S2. The number of rotatable bonds is 11. The minimum atomic E-state index is -4.10. The fraction of sp³-hybridized carbons (Fsp3) is 0.310. The van der Waals surface area contributed by atoms with Gasteiger partial charge in [-0.3, -0.25) is 13.9 Å². The van der Waals surface area contributed by atoms with E-state index in [2.05, 4.69) is 21.2 Å². The molecule has 2 amide bonds. The molecule has 7 nitrogen and oxygen atoms in total. The van der Waals surface area contributed by atoms with Crippen LogP contribution in [0.5, 0.6) is 0 Å². The Bertz CT molecular complexity index is 1390. The molecule has 0 spiro atoms. The summed E-state index contributed by atoms with van der Waals surface area (Å²) in [7, 11) is -4.10. The van der Waals surface area contributed by atoms with Gasteiger partial charge in [-0.15, -0.1) is 11.8 Å². The fourth-order valence-corrected chi connectivity index (χ4v) is 6.20. The maximum absolute atomic E-state index is 13.9. The van der Waals surface area contributed by atoms with Crippen molar-refractivity contribution in [2.75, 3.05) is 17.1 Å². The lowest BCUT2D eigenvalue weighted by Crippen LogP contribution is -2.52. The monoisotopic (exact) mass is 631 g/mol. The maximum atomic E-state index is 13.9. The van der Waals surface area contributed by atoms with Crippen LogP contribution in [0.25, 0.3) is 0 Å². The molecule has 0 unspecified atom stereocenters. The van der Waals surface area contributed by atoms with Crippen molar-refractivity contribution in [2.24, 2.45) is 0 Å². The highest BCUT2D eigenvalue weighted by Crippen LogP contribution is 2.26. The number of carbonyl (C=O) groups excluding carboxylic acids is 2. The number of hydrogen-bond donors (Lipinski definition) is 1. The normalized spacial score (nSPS) is 12.2. The second-order valence-electron chi connectivity index (χ2n) is 9.51. The smallest absolute Gasteiger partial charge is 0.264 e. The summed E-state index contributed by atoms with van der Waals surface area (Å²) in [6.45, 7) is 6.92. The zero-order chi connectivity index (χ0) is 28.7. The molecule has 0 radical (unpaired) electrons. The average molecular weight is 633 g/mol. The molecule has 39 heavy (non-hydrogen) atoms. The number of amides is 2. The average Bonchev–Trinajstić information content (AvgIpc) is 2.90. The first-order valence-electron chi connectivity index (χ1n) is 12.5. The van der Waals surface area contributed by atoms with Gasteiger partial charge in [-0.1, -0.05) is 45.8 Å². The van der Waals surface area contributed by atoms with Gasteiger partial charge >= 0.3 is 0 Å². The van der Waals surface area contributed by atoms with Crippen LogP contribution >= 0.6 is 27.7 Å². The predicted molar refractivity (Wildman–Crippen MR) is 161 cm³/mol. The van der Waals surface area contributed by atoms with Crippen LogP contribution in [0, 0.1) is 6.92 Å². The van der Waals surface area contributed by atoms with Crippen LogP contribution in [0.3, 0.4) is 0 Å². The zero-order valence-corrected chi connectivity index (χ0v) is 25.9. The molecule has 0 aliphatic rings. The Hall–Kier alpha value is -2.82. The molecule has 0 aromatic heterocycles. The molecule has 0 heterocycles. The summed E-state index contributed by atoms with van der Waals surface area (Å²) >= 11 is 4.97. The van der Waals surface area contributed by atoms with Gasteiger partial charge in [-0.25, -0.2) is 8.42 Å². The standard InChI is InChI=1S/C29H34BrN3O4S2/c1-20(2)31-29(35)22(4)32(18-23-7-6-8-24(30)17-23)28(34)19-33(25-11-9-21(3)10-12-25)39(36,37)27-15-13-26(38-5)14-16-27/h6-17,20,22H,18-19H2,1-5H3,(H,31,35)/t22-/m1/s1. The van der Waals surface area contributed by atoms with Gasteiger partial charge in [-0.05, 0) is 88.0 Å². The van der Waals surface area contributed by atoms with Gasteiger partial charge in [0.25, 0.3) is 10.0 Å². The number of nitrogens with zero attached hydrogens (tertiary/aromatic N) is 2. The van der Waals surface area contributed by atoms with Crippen molar-refractivity contribution in [1.29, 1.82) is 0 Å². The van der Waals surface area contributed by atoms with E-state index in [1.807, 2.05) is 51.3 Å². The summed E-state index contributed by atoms with van der Waals surface area (Å²) in [6, 6.07) is 20.1. The topological polar surface area (TPSA) is 86.8 Å². The van der Waals surface area contributed by atoms with E-state index >= 15 is 0 Å². The van der Waals surface area contributed by atoms with Crippen LogP contribution in [-0.2, 0) is 26.2 Å². The van der Waals surface area contributed by atoms with E-state index in [0.717, 1.165) is 24.8 Å². The Balaban J connectivity index is 2.03. The molecular weight excluding hydrogens is 598 g/mol. The molecule has 3 aromatic rings. The van der Waals surface area contributed by atoms with Gasteiger partial charge in [0.1, 0.15) is 12.6 Å². The second kappa shape index (κ2) is 13.5.